The van der Waals surface area contributed by atoms with E-state index < -0.39 is 0 Å². The molecule has 9 heavy (non-hydrogen) atoms. The summed E-state index contributed by atoms with van der Waals surface area (Å²) in [7, 11) is 0. The SMILES string of the molecule is CC1(CO)C2C=CCC21. The number of rotatable bonds is 1. The van der Waals surface area contributed by atoms with Crippen molar-refractivity contribution in [1.29, 1.82) is 0 Å². The number of hydrogen-bond acceptors (Lipinski definition) is 1. The lowest BCUT2D eigenvalue weighted by Crippen LogP contribution is -2.06. The van der Waals surface area contributed by atoms with Gasteiger partial charge < -0.3 is 5.11 Å². The van der Waals surface area contributed by atoms with Gasteiger partial charge in [0.05, 0.1) is 0 Å². The fourth-order valence-corrected chi connectivity index (χ4v) is 2.06. The summed E-state index contributed by atoms with van der Waals surface area (Å²) in [6.45, 7) is 2.54. The molecule has 0 radical (unpaired) electrons. The zero-order valence-electron chi connectivity index (χ0n) is 5.67. The molecule has 2 aliphatic carbocycles. The molecule has 0 aromatic heterocycles. The van der Waals surface area contributed by atoms with E-state index in [9.17, 15) is 0 Å². The molecule has 0 aliphatic heterocycles. The molecule has 50 valence electrons. The molecular weight excluding hydrogens is 112 g/mol. The molecule has 3 unspecified atom stereocenters. The summed E-state index contributed by atoms with van der Waals surface area (Å²) in [5.41, 5.74) is 0.273. The average Bonchev–Trinajstić information content (AvgIpc) is 2.39. The summed E-state index contributed by atoms with van der Waals surface area (Å²) in [6.07, 6.45) is 5.68. The van der Waals surface area contributed by atoms with Crippen LogP contribution in [-0.4, -0.2) is 11.7 Å². The zero-order valence-corrected chi connectivity index (χ0v) is 5.67. The summed E-state index contributed by atoms with van der Waals surface area (Å²) in [6, 6.07) is 0. The van der Waals surface area contributed by atoms with E-state index in [1.54, 1.807) is 0 Å². The molecule has 0 bridgehead atoms. The number of aliphatic hydroxyl groups is 1. The average molecular weight is 124 g/mol. The Balaban J connectivity index is 2.15. The first-order chi connectivity index (χ1) is 4.29. The monoisotopic (exact) mass is 124 g/mol. The molecule has 1 fully saturated rings. The molecule has 1 saturated carbocycles. The van der Waals surface area contributed by atoms with Gasteiger partial charge in [0.15, 0.2) is 0 Å². The second-order valence-electron chi connectivity index (χ2n) is 3.46. The third-order valence-corrected chi connectivity index (χ3v) is 3.01. The Kier molecular flexibility index (Phi) is 0.854. The van der Waals surface area contributed by atoms with Gasteiger partial charge in [0, 0.05) is 12.0 Å². The smallest absolute Gasteiger partial charge is 0.0493 e. The van der Waals surface area contributed by atoms with E-state index in [4.69, 9.17) is 5.11 Å². The van der Waals surface area contributed by atoms with Crippen molar-refractivity contribution in [3.8, 4) is 0 Å². The third kappa shape index (κ3) is 0.485. The van der Waals surface area contributed by atoms with E-state index >= 15 is 0 Å². The highest BCUT2D eigenvalue weighted by Gasteiger charge is 2.60. The number of fused-ring (bicyclic) bond motifs is 1. The third-order valence-electron chi connectivity index (χ3n) is 3.01. The normalized spacial score (nSPS) is 53.6. The van der Waals surface area contributed by atoms with Gasteiger partial charge in [-0.1, -0.05) is 19.1 Å². The van der Waals surface area contributed by atoms with Gasteiger partial charge in [-0.3, -0.25) is 0 Å². The summed E-state index contributed by atoms with van der Waals surface area (Å²) >= 11 is 0. The lowest BCUT2D eigenvalue weighted by Gasteiger charge is -2.06. The van der Waals surface area contributed by atoms with Crippen LogP contribution >= 0.6 is 0 Å². The Morgan fingerprint density at radius 1 is 1.78 bits per heavy atom. The van der Waals surface area contributed by atoms with Crippen molar-refractivity contribution in [1.82, 2.24) is 0 Å². The molecule has 2 aliphatic rings. The second kappa shape index (κ2) is 1.40. The molecular formula is C8H12O. The Labute approximate surface area is 55.4 Å². The maximum atomic E-state index is 8.94. The predicted octanol–water partition coefficient (Wildman–Crippen LogP) is 1.19. The van der Waals surface area contributed by atoms with Crippen molar-refractivity contribution in [3.05, 3.63) is 12.2 Å². The molecule has 0 spiro atoms. The van der Waals surface area contributed by atoms with Crippen LogP contribution in [0.5, 0.6) is 0 Å². The minimum Gasteiger partial charge on any atom is -0.396 e. The van der Waals surface area contributed by atoms with Gasteiger partial charge in [0.2, 0.25) is 0 Å². The second-order valence-corrected chi connectivity index (χ2v) is 3.46. The van der Waals surface area contributed by atoms with E-state index in [2.05, 4.69) is 19.1 Å². The molecule has 0 aromatic rings. The van der Waals surface area contributed by atoms with Crippen molar-refractivity contribution >= 4 is 0 Å². The van der Waals surface area contributed by atoms with Crippen LogP contribution in [0.4, 0.5) is 0 Å². The van der Waals surface area contributed by atoms with Crippen molar-refractivity contribution < 1.29 is 5.11 Å². The first-order valence-electron chi connectivity index (χ1n) is 3.56. The van der Waals surface area contributed by atoms with Gasteiger partial charge in [-0.05, 0) is 18.3 Å². The quantitative estimate of drug-likeness (QED) is 0.520. The van der Waals surface area contributed by atoms with Gasteiger partial charge in [0.25, 0.3) is 0 Å². The molecule has 1 heteroatoms. The Bertz CT molecular complexity index is 162. The van der Waals surface area contributed by atoms with Crippen LogP contribution in [0.3, 0.4) is 0 Å². The lowest BCUT2D eigenvalue weighted by atomic mass is 10.0. The predicted molar refractivity (Wildman–Crippen MR) is 35.9 cm³/mol. The van der Waals surface area contributed by atoms with E-state index in [1.165, 1.54) is 6.42 Å². The fraction of sp³-hybridized carbons (Fsp3) is 0.750. The molecule has 1 N–H and O–H groups in total. The van der Waals surface area contributed by atoms with Crippen molar-refractivity contribution in [2.24, 2.45) is 17.3 Å². The summed E-state index contributed by atoms with van der Waals surface area (Å²) in [5, 5.41) is 8.94. The molecule has 3 atom stereocenters. The Hall–Kier alpha value is -0.300. The molecule has 1 nitrogen and oxygen atoms in total. The van der Waals surface area contributed by atoms with Gasteiger partial charge in [-0.25, -0.2) is 0 Å². The van der Waals surface area contributed by atoms with Gasteiger partial charge in [-0.15, -0.1) is 0 Å². The van der Waals surface area contributed by atoms with Crippen molar-refractivity contribution in [3.63, 3.8) is 0 Å². The standard InChI is InChI=1S/C8H12O/c1-8(5-9)6-3-2-4-7(6)8/h2-3,6-7,9H,4-5H2,1H3. The van der Waals surface area contributed by atoms with Crippen LogP contribution in [0.2, 0.25) is 0 Å². The van der Waals surface area contributed by atoms with Crippen LogP contribution in [0.1, 0.15) is 13.3 Å². The number of aliphatic hydroxyl groups excluding tert-OH is 1. The van der Waals surface area contributed by atoms with Crippen molar-refractivity contribution in [2.75, 3.05) is 6.61 Å². The highest BCUT2D eigenvalue weighted by atomic mass is 16.3. The van der Waals surface area contributed by atoms with Crippen LogP contribution < -0.4 is 0 Å². The summed E-state index contributed by atoms with van der Waals surface area (Å²) in [4.78, 5) is 0. The van der Waals surface area contributed by atoms with E-state index in [1.807, 2.05) is 0 Å². The first kappa shape index (κ1) is 5.48. The molecule has 2 rings (SSSR count). The van der Waals surface area contributed by atoms with Crippen molar-refractivity contribution in [2.45, 2.75) is 13.3 Å². The summed E-state index contributed by atoms with van der Waals surface area (Å²) in [5.74, 6) is 1.49. The maximum absolute atomic E-state index is 8.94. The van der Waals surface area contributed by atoms with E-state index in [0.717, 1.165) is 5.92 Å². The van der Waals surface area contributed by atoms with Crippen LogP contribution in [-0.2, 0) is 0 Å². The molecule has 0 saturated heterocycles. The van der Waals surface area contributed by atoms with Gasteiger partial charge >= 0.3 is 0 Å². The Morgan fingerprint density at radius 2 is 2.56 bits per heavy atom. The minimum atomic E-state index is 0.273. The summed E-state index contributed by atoms with van der Waals surface area (Å²) < 4.78 is 0. The first-order valence-corrected chi connectivity index (χ1v) is 3.56. The maximum Gasteiger partial charge on any atom is 0.0493 e. The van der Waals surface area contributed by atoms with Gasteiger partial charge in [-0.2, -0.15) is 0 Å². The zero-order chi connectivity index (χ0) is 6.48. The van der Waals surface area contributed by atoms with Crippen LogP contribution in [0.25, 0.3) is 0 Å². The highest BCUT2D eigenvalue weighted by molar-refractivity contribution is 5.22. The largest absolute Gasteiger partial charge is 0.396 e. The Morgan fingerprint density at radius 3 is 2.89 bits per heavy atom. The van der Waals surface area contributed by atoms with E-state index in [-0.39, 0.29) is 5.41 Å². The van der Waals surface area contributed by atoms with Crippen LogP contribution in [0, 0.1) is 17.3 Å². The minimum absolute atomic E-state index is 0.273. The van der Waals surface area contributed by atoms with E-state index in [0.29, 0.717) is 12.5 Å². The van der Waals surface area contributed by atoms with Crippen LogP contribution in [0.15, 0.2) is 12.2 Å². The number of allylic oxidation sites excluding steroid dienone is 2. The van der Waals surface area contributed by atoms with Gasteiger partial charge in [0.1, 0.15) is 0 Å². The molecule has 0 amide bonds. The fourth-order valence-electron chi connectivity index (χ4n) is 2.06. The molecule has 0 aromatic carbocycles. The topological polar surface area (TPSA) is 20.2 Å². The number of hydrogen-bond donors (Lipinski definition) is 1. The lowest BCUT2D eigenvalue weighted by molar-refractivity contribution is 0.205. The highest BCUT2D eigenvalue weighted by Crippen LogP contribution is 2.63. The molecule has 0 heterocycles.